The van der Waals surface area contributed by atoms with Crippen LogP contribution in [0.2, 0.25) is 0 Å². The Labute approximate surface area is 170 Å². The van der Waals surface area contributed by atoms with Crippen molar-refractivity contribution in [3.8, 4) is 11.3 Å². The van der Waals surface area contributed by atoms with E-state index in [2.05, 4.69) is 31.0 Å². The molecule has 2 aromatic carbocycles. The first-order chi connectivity index (χ1) is 14.6. The number of hydrogen-bond acceptors (Lipinski definition) is 5. The van der Waals surface area contributed by atoms with E-state index >= 15 is 0 Å². The standard InChI is InChI=1S/C21H18N6O3/c28-19(11-10-18-22-15-9-5-4-8-14(15)20(29)23-18)26-27-21(30)17-12-16(24-25-17)13-6-2-1-3-7-13/h1-9,12H,10-11H2,(H,24,25)(H,26,28)(H,27,30)(H,22,23,29). The predicted octanol–water partition coefficient (Wildman–Crippen LogP) is 1.71. The third-order valence-electron chi connectivity index (χ3n) is 4.46. The number of aromatic amines is 2. The first kappa shape index (κ1) is 19.1. The molecule has 0 unspecified atom stereocenters. The highest BCUT2D eigenvalue weighted by Gasteiger charge is 2.12. The van der Waals surface area contributed by atoms with E-state index in [1.165, 1.54) is 0 Å². The summed E-state index contributed by atoms with van der Waals surface area (Å²) in [6, 6.07) is 18.0. The van der Waals surface area contributed by atoms with E-state index in [0.717, 1.165) is 5.56 Å². The Kier molecular flexibility index (Phi) is 5.33. The third-order valence-corrected chi connectivity index (χ3v) is 4.46. The van der Waals surface area contributed by atoms with Crippen molar-refractivity contribution in [1.29, 1.82) is 0 Å². The van der Waals surface area contributed by atoms with Gasteiger partial charge in [0.2, 0.25) is 5.91 Å². The molecule has 0 aliphatic carbocycles. The Balaban J connectivity index is 1.31. The predicted molar refractivity (Wildman–Crippen MR) is 110 cm³/mol. The highest BCUT2D eigenvalue weighted by atomic mass is 16.2. The molecule has 2 amide bonds. The molecule has 2 heterocycles. The molecule has 2 aromatic heterocycles. The molecule has 0 fully saturated rings. The number of H-pyrrole nitrogens is 2. The highest BCUT2D eigenvalue weighted by Crippen LogP contribution is 2.16. The second-order valence-corrected chi connectivity index (χ2v) is 6.56. The summed E-state index contributed by atoms with van der Waals surface area (Å²) in [6.45, 7) is 0. The summed E-state index contributed by atoms with van der Waals surface area (Å²) in [5, 5.41) is 7.24. The molecule has 9 heteroatoms. The Morgan fingerprint density at radius 3 is 2.57 bits per heavy atom. The highest BCUT2D eigenvalue weighted by molar-refractivity contribution is 5.94. The maximum Gasteiger partial charge on any atom is 0.287 e. The van der Waals surface area contributed by atoms with Crippen LogP contribution in [0.1, 0.15) is 22.7 Å². The van der Waals surface area contributed by atoms with Crippen molar-refractivity contribution in [3.63, 3.8) is 0 Å². The second-order valence-electron chi connectivity index (χ2n) is 6.56. The molecule has 0 atom stereocenters. The molecule has 0 bridgehead atoms. The van der Waals surface area contributed by atoms with Crippen LogP contribution >= 0.6 is 0 Å². The number of aromatic nitrogens is 4. The fraction of sp³-hybridized carbons (Fsp3) is 0.0952. The van der Waals surface area contributed by atoms with Crippen molar-refractivity contribution in [2.75, 3.05) is 0 Å². The quantitative estimate of drug-likeness (QED) is 0.377. The number of fused-ring (bicyclic) bond motifs is 1. The van der Waals surface area contributed by atoms with Gasteiger partial charge in [-0.3, -0.25) is 30.3 Å². The Hall–Kier alpha value is -4.27. The maximum atomic E-state index is 12.2. The molecule has 150 valence electrons. The number of benzene rings is 2. The molecule has 0 saturated heterocycles. The lowest BCUT2D eigenvalue weighted by Gasteiger charge is -2.06. The minimum absolute atomic E-state index is 0.0415. The SMILES string of the molecule is O=C(CCc1nc2ccccc2c(=O)[nH]1)NNC(=O)c1cc(-c2ccccc2)n[nH]1. The summed E-state index contributed by atoms with van der Waals surface area (Å²) in [6.07, 6.45) is 0.268. The van der Waals surface area contributed by atoms with Gasteiger partial charge < -0.3 is 4.98 Å². The number of rotatable bonds is 5. The van der Waals surface area contributed by atoms with Crippen LogP contribution in [-0.2, 0) is 11.2 Å². The molecule has 0 aliphatic heterocycles. The molecule has 0 spiro atoms. The van der Waals surface area contributed by atoms with Crippen LogP contribution in [0.4, 0.5) is 0 Å². The van der Waals surface area contributed by atoms with Crippen molar-refractivity contribution in [2.24, 2.45) is 0 Å². The monoisotopic (exact) mass is 402 g/mol. The molecule has 0 aliphatic rings. The van der Waals surface area contributed by atoms with Gasteiger partial charge in [-0.2, -0.15) is 5.10 Å². The molecule has 9 nitrogen and oxygen atoms in total. The van der Waals surface area contributed by atoms with Gasteiger partial charge >= 0.3 is 0 Å². The van der Waals surface area contributed by atoms with E-state index < -0.39 is 11.8 Å². The summed E-state index contributed by atoms with van der Waals surface area (Å²) in [5.74, 6) is -0.529. The summed E-state index contributed by atoms with van der Waals surface area (Å²) >= 11 is 0. The summed E-state index contributed by atoms with van der Waals surface area (Å²) in [7, 11) is 0. The zero-order valence-corrected chi connectivity index (χ0v) is 15.8. The summed E-state index contributed by atoms with van der Waals surface area (Å²) in [5.41, 5.74) is 6.71. The van der Waals surface area contributed by atoms with Crippen molar-refractivity contribution < 1.29 is 9.59 Å². The van der Waals surface area contributed by atoms with Crippen molar-refractivity contribution >= 4 is 22.7 Å². The number of hydrogen-bond donors (Lipinski definition) is 4. The van der Waals surface area contributed by atoms with E-state index in [-0.39, 0.29) is 24.1 Å². The third kappa shape index (κ3) is 4.25. The molecular weight excluding hydrogens is 384 g/mol. The number of para-hydroxylation sites is 1. The van der Waals surface area contributed by atoms with Crippen LogP contribution in [0, 0.1) is 0 Å². The summed E-state index contributed by atoms with van der Waals surface area (Å²) < 4.78 is 0. The van der Waals surface area contributed by atoms with Crippen LogP contribution in [0.25, 0.3) is 22.2 Å². The second kappa shape index (κ2) is 8.39. The van der Waals surface area contributed by atoms with E-state index in [1.54, 1.807) is 30.3 Å². The van der Waals surface area contributed by atoms with Gasteiger partial charge in [0.1, 0.15) is 11.5 Å². The smallest absolute Gasteiger partial charge is 0.287 e. The average molecular weight is 402 g/mol. The lowest BCUT2D eigenvalue weighted by atomic mass is 10.1. The topological polar surface area (TPSA) is 133 Å². The first-order valence-corrected chi connectivity index (χ1v) is 9.28. The lowest BCUT2D eigenvalue weighted by molar-refractivity contribution is -0.121. The maximum absolute atomic E-state index is 12.2. The van der Waals surface area contributed by atoms with E-state index in [4.69, 9.17) is 0 Å². The lowest BCUT2D eigenvalue weighted by Crippen LogP contribution is -2.41. The molecule has 0 saturated carbocycles. The molecule has 4 N–H and O–H groups in total. The number of amides is 2. The number of nitrogens with zero attached hydrogens (tertiary/aromatic N) is 2. The van der Waals surface area contributed by atoms with Crippen molar-refractivity contribution in [3.05, 3.63) is 82.5 Å². The normalized spacial score (nSPS) is 10.7. The van der Waals surface area contributed by atoms with Crippen molar-refractivity contribution in [2.45, 2.75) is 12.8 Å². The molecular formula is C21H18N6O3. The minimum Gasteiger partial charge on any atom is -0.310 e. The van der Waals surface area contributed by atoms with Gasteiger partial charge in [-0.1, -0.05) is 42.5 Å². The fourth-order valence-corrected chi connectivity index (χ4v) is 2.94. The van der Waals surface area contributed by atoms with E-state index in [0.29, 0.717) is 22.4 Å². The summed E-state index contributed by atoms with van der Waals surface area (Å²) in [4.78, 5) is 43.3. The number of carbonyl (C=O) groups is 2. The van der Waals surface area contributed by atoms with E-state index in [1.807, 2.05) is 30.3 Å². The number of aryl methyl sites for hydroxylation is 1. The Bertz CT molecular complexity index is 1260. The first-order valence-electron chi connectivity index (χ1n) is 9.28. The molecule has 4 rings (SSSR count). The average Bonchev–Trinajstić information content (AvgIpc) is 3.27. The van der Waals surface area contributed by atoms with Crippen LogP contribution in [-0.4, -0.2) is 32.0 Å². The van der Waals surface area contributed by atoms with E-state index in [9.17, 15) is 14.4 Å². The minimum atomic E-state index is -0.518. The Morgan fingerprint density at radius 1 is 0.967 bits per heavy atom. The van der Waals surface area contributed by atoms with Gasteiger partial charge in [-0.25, -0.2) is 4.98 Å². The zero-order chi connectivity index (χ0) is 20.9. The Morgan fingerprint density at radius 2 is 1.73 bits per heavy atom. The molecule has 4 aromatic rings. The van der Waals surface area contributed by atoms with Gasteiger partial charge in [0.05, 0.1) is 16.6 Å². The van der Waals surface area contributed by atoms with Crippen LogP contribution in [0.3, 0.4) is 0 Å². The largest absolute Gasteiger partial charge is 0.310 e. The van der Waals surface area contributed by atoms with Crippen LogP contribution in [0.15, 0.2) is 65.5 Å². The molecule has 30 heavy (non-hydrogen) atoms. The van der Waals surface area contributed by atoms with Gasteiger partial charge in [-0.15, -0.1) is 0 Å². The zero-order valence-electron chi connectivity index (χ0n) is 15.8. The molecule has 0 radical (unpaired) electrons. The van der Waals surface area contributed by atoms with Gasteiger partial charge in [-0.05, 0) is 18.2 Å². The van der Waals surface area contributed by atoms with Crippen LogP contribution < -0.4 is 16.4 Å². The fourth-order valence-electron chi connectivity index (χ4n) is 2.94. The van der Waals surface area contributed by atoms with Gasteiger partial charge in [0, 0.05) is 18.4 Å². The van der Waals surface area contributed by atoms with Gasteiger partial charge in [0.15, 0.2) is 0 Å². The number of hydrazine groups is 1. The van der Waals surface area contributed by atoms with Gasteiger partial charge in [0.25, 0.3) is 11.5 Å². The van der Waals surface area contributed by atoms with Crippen molar-refractivity contribution in [1.82, 2.24) is 31.0 Å². The van der Waals surface area contributed by atoms with Crippen LogP contribution in [0.5, 0.6) is 0 Å². The number of nitrogens with one attached hydrogen (secondary N) is 4. The number of carbonyl (C=O) groups excluding carboxylic acids is 2.